The van der Waals surface area contributed by atoms with Crippen LogP contribution < -0.4 is 5.56 Å². The fourth-order valence-electron chi connectivity index (χ4n) is 2.25. The Morgan fingerprint density at radius 3 is 2.72 bits per heavy atom. The SMILES string of the molecule is CC.[B]CC1=Cc2[nH]c(=O)c(CC)cc2CC1C.[HH]. The minimum Gasteiger partial charge on any atom is -0.322 e. The molecule has 2 nitrogen and oxygen atoms in total. The van der Waals surface area contributed by atoms with Gasteiger partial charge in [-0.05, 0) is 36.5 Å². The van der Waals surface area contributed by atoms with Crippen molar-refractivity contribution in [2.75, 3.05) is 0 Å². The molecule has 0 amide bonds. The van der Waals surface area contributed by atoms with Gasteiger partial charge in [0.1, 0.15) is 0 Å². The molecule has 1 atom stereocenters. The predicted octanol–water partition coefficient (Wildman–Crippen LogP) is 3.37. The highest BCUT2D eigenvalue weighted by molar-refractivity contribution is 6.10. The number of rotatable bonds is 2. The Morgan fingerprint density at radius 1 is 1.50 bits per heavy atom. The van der Waals surface area contributed by atoms with Gasteiger partial charge in [-0.2, -0.15) is 0 Å². The van der Waals surface area contributed by atoms with Crippen molar-refractivity contribution in [3.63, 3.8) is 0 Å². The number of aromatic amines is 1. The van der Waals surface area contributed by atoms with Gasteiger partial charge in [0.25, 0.3) is 5.56 Å². The number of hydrogen-bond donors (Lipinski definition) is 1. The van der Waals surface area contributed by atoms with Crippen LogP contribution in [0.5, 0.6) is 0 Å². The van der Waals surface area contributed by atoms with Gasteiger partial charge >= 0.3 is 0 Å². The zero-order valence-electron chi connectivity index (χ0n) is 11.8. The number of allylic oxidation sites excluding steroid dienone is 1. The normalized spacial score (nSPS) is 17.3. The Hall–Kier alpha value is -1.25. The minimum absolute atomic E-state index is 0. The first-order chi connectivity index (χ1) is 8.65. The van der Waals surface area contributed by atoms with Gasteiger partial charge < -0.3 is 4.98 Å². The van der Waals surface area contributed by atoms with E-state index in [1.54, 1.807) is 0 Å². The van der Waals surface area contributed by atoms with Crippen LogP contribution in [0.3, 0.4) is 0 Å². The van der Waals surface area contributed by atoms with Crippen molar-refractivity contribution in [1.82, 2.24) is 4.98 Å². The molecular formula is C15H24BNO. The van der Waals surface area contributed by atoms with E-state index in [4.69, 9.17) is 7.85 Å². The predicted molar refractivity (Wildman–Crippen MR) is 81.3 cm³/mol. The van der Waals surface area contributed by atoms with Crippen molar-refractivity contribution in [3.05, 3.63) is 38.8 Å². The number of aryl methyl sites for hydroxylation is 1. The van der Waals surface area contributed by atoms with Gasteiger partial charge in [-0.3, -0.25) is 4.79 Å². The highest BCUT2D eigenvalue weighted by Crippen LogP contribution is 2.28. The summed E-state index contributed by atoms with van der Waals surface area (Å²) in [6, 6.07) is 2.04. The number of H-pyrrole nitrogens is 1. The van der Waals surface area contributed by atoms with E-state index in [0.29, 0.717) is 12.2 Å². The van der Waals surface area contributed by atoms with Gasteiger partial charge in [0, 0.05) is 12.7 Å². The first-order valence-electron chi connectivity index (χ1n) is 6.81. The van der Waals surface area contributed by atoms with E-state index in [-0.39, 0.29) is 6.99 Å². The van der Waals surface area contributed by atoms with Crippen LogP contribution in [-0.2, 0) is 12.8 Å². The first kappa shape index (κ1) is 14.8. The summed E-state index contributed by atoms with van der Waals surface area (Å²) in [5, 5.41) is 0. The Morgan fingerprint density at radius 2 is 2.17 bits per heavy atom. The summed E-state index contributed by atoms with van der Waals surface area (Å²) in [6.07, 6.45) is 4.36. The van der Waals surface area contributed by atoms with E-state index in [2.05, 4.69) is 11.9 Å². The third-order valence-electron chi connectivity index (χ3n) is 3.34. The molecule has 2 radical (unpaired) electrons. The average Bonchev–Trinajstić information content (AvgIpc) is 2.40. The molecule has 2 rings (SSSR count). The monoisotopic (exact) mass is 245 g/mol. The second kappa shape index (κ2) is 6.62. The average molecular weight is 245 g/mol. The molecule has 1 N–H and O–H groups in total. The Balaban J connectivity index is 0.00000103. The van der Waals surface area contributed by atoms with Crippen LogP contribution in [0.15, 0.2) is 16.4 Å². The summed E-state index contributed by atoms with van der Waals surface area (Å²) in [5.74, 6) is 0.480. The highest BCUT2D eigenvalue weighted by atomic mass is 16.1. The summed E-state index contributed by atoms with van der Waals surface area (Å²) in [7, 11) is 5.68. The molecule has 0 aliphatic heterocycles. The molecule has 18 heavy (non-hydrogen) atoms. The zero-order chi connectivity index (χ0) is 13.7. The van der Waals surface area contributed by atoms with Gasteiger partial charge in [0.15, 0.2) is 0 Å². The molecule has 1 aromatic rings. The van der Waals surface area contributed by atoms with E-state index in [9.17, 15) is 4.79 Å². The largest absolute Gasteiger partial charge is 0.322 e. The lowest BCUT2D eigenvalue weighted by atomic mass is 9.80. The summed E-state index contributed by atoms with van der Waals surface area (Å²) >= 11 is 0. The topological polar surface area (TPSA) is 32.9 Å². The highest BCUT2D eigenvalue weighted by Gasteiger charge is 2.17. The fourth-order valence-corrected chi connectivity index (χ4v) is 2.25. The van der Waals surface area contributed by atoms with Crippen LogP contribution in [0, 0.1) is 5.92 Å². The molecule has 0 fully saturated rings. The lowest BCUT2D eigenvalue weighted by Crippen LogP contribution is -2.19. The number of pyridine rings is 1. The van der Waals surface area contributed by atoms with Gasteiger partial charge in [-0.1, -0.05) is 39.6 Å². The maximum absolute atomic E-state index is 11.7. The Kier molecular flexibility index (Phi) is 5.45. The Bertz CT molecular complexity index is 493. The van der Waals surface area contributed by atoms with Gasteiger partial charge in [0.2, 0.25) is 0 Å². The second-order valence-electron chi connectivity index (χ2n) is 4.44. The molecule has 3 heteroatoms. The van der Waals surface area contributed by atoms with Crippen LogP contribution in [0.2, 0.25) is 6.32 Å². The molecule has 0 spiro atoms. The van der Waals surface area contributed by atoms with E-state index < -0.39 is 0 Å². The molecule has 1 heterocycles. The molecule has 0 saturated carbocycles. The van der Waals surface area contributed by atoms with Crippen molar-refractivity contribution in [3.8, 4) is 0 Å². The second-order valence-corrected chi connectivity index (χ2v) is 4.44. The third kappa shape index (κ3) is 2.95. The first-order valence-corrected chi connectivity index (χ1v) is 6.81. The molecule has 98 valence electrons. The van der Waals surface area contributed by atoms with Crippen LogP contribution in [-0.4, -0.2) is 12.8 Å². The standard InChI is InChI=1S/C13H16BNO.C2H6.H2/c1-3-9-5-10-4-8(2)11(7-14)6-12(10)15-13(9)16;1-2;/h5-6,8H,3-4,7H2,1-2H3,(H,15,16);1-2H3;1H. The van der Waals surface area contributed by atoms with E-state index in [0.717, 1.165) is 24.1 Å². The molecule has 0 aromatic carbocycles. The van der Waals surface area contributed by atoms with Crippen LogP contribution in [0.25, 0.3) is 6.08 Å². The number of hydrogen-bond acceptors (Lipinski definition) is 1. The van der Waals surface area contributed by atoms with Gasteiger partial charge in [-0.15, -0.1) is 0 Å². The quantitative estimate of drug-likeness (QED) is 0.796. The van der Waals surface area contributed by atoms with Crippen molar-refractivity contribution < 1.29 is 1.43 Å². The molecule has 0 saturated heterocycles. The molecule has 0 bridgehead atoms. The fraction of sp³-hybridized carbons (Fsp3) is 0.533. The van der Waals surface area contributed by atoms with E-state index in [1.807, 2.05) is 32.9 Å². The molecule has 1 aliphatic rings. The molecule has 1 aromatic heterocycles. The van der Waals surface area contributed by atoms with Crippen LogP contribution >= 0.6 is 0 Å². The lowest BCUT2D eigenvalue weighted by molar-refractivity contribution is 0.666. The number of nitrogens with one attached hydrogen (secondary N) is 1. The molecule has 1 aliphatic carbocycles. The summed E-state index contributed by atoms with van der Waals surface area (Å²) in [4.78, 5) is 14.6. The Labute approximate surface area is 112 Å². The molecule has 1 unspecified atom stereocenters. The van der Waals surface area contributed by atoms with Crippen LogP contribution in [0.1, 0.15) is 45.9 Å². The third-order valence-corrected chi connectivity index (χ3v) is 3.34. The lowest BCUT2D eigenvalue weighted by Gasteiger charge is -2.22. The summed E-state index contributed by atoms with van der Waals surface area (Å²) in [5.41, 5.74) is 4.30. The van der Waals surface area contributed by atoms with Crippen molar-refractivity contribution >= 4 is 13.9 Å². The maximum atomic E-state index is 11.7. The smallest absolute Gasteiger partial charge is 0.251 e. The van der Waals surface area contributed by atoms with Gasteiger partial charge in [-0.25, -0.2) is 0 Å². The minimum atomic E-state index is 0. The maximum Gasteiger partial charge on any atom is 0.251 e. The van der Waals surface area contributed by atoms with Crippen molar-refractivity contribution in [2.24, 2.45) is 5.92 Å². The zero-order valence-corrected chi connectivity index (χ0v) is 11.8. The van der Waals surface area contributed by atoms with Crippen molar-refractivity contribution in [1.29, 1.82) is 0 Å². The van der Waals surface area contributed by atoms with E-state index in [1.165, 1.54) is 11.1 Å². The summed E-state index contributed by atoms with van der Waals surface area (Å²) in [6.45, 7) is 8.18. The number of aromatic nitrogens is 1. The summed E-state index contributed by atoms with van der Waals surface area (Å²) < 4.78 is 0. The van der Waals surface area contributed by atoms with Crippen molar-refractivity contribution in [2.45, 2.75) is 46.9 Å². The number of fused-ring (bicyclic) bond motifs is 1. The van der Waals surface area contributed by atoms with E-state index >= 15 is 0 Å². The molecular weight excluding hydrogens is 221 g/mol. The van der Waals surface area contributed by atoms with Crippen LogP contribution in [0.4, 0.5) is 0 Å². The van der Waals surface area contributed by atoms with Gasteiger partial charge in [0.05, 0.1) is 7.85 Å².